The Kier molecular flexibility index (Phi) is 11.0. The summed E-state index contributed by atoms with van der Waals surface area (Å²) in [6, 6.07) is 11.6. The van der Waals surface area contributed by atoms with Gasteiger partial charge in [-0.2, -0.15) is 4.31 Å². The van der Waals surface area contributed by atoms with E-state index in [0.717, 1.165) is 0 Å². The molecular weight excluding hydrogens is 580 g/mol. The van der Waals surface area contributed by atoms with Gasteiger partial charge < -0.3 is 34.1 Å². The molecule has 2 heterocycles. The van der Waals surface area contributed by atoms with Gasteiger partial charge in [0.05, 0.1) is 56.0 Å². The molecule has 236 valence electrons. The average Bonchev–Trinajstić information content (AvgIpc) is 3.61. The zero-order valence-electron chi connectivity index (χ0n) is 24.8. The van der Waals surface area contributed by atoms with Crippen molar-refractivity contribution in [2.24, 2.45) is 11.8 Å². The fourth-order valence-corrected chi connectivity index (χ4v) is 6.83. The van der Waals surface area contributed by atoms with E-state index < -0.39 is 46.6 Å². The van der Waals surface area contributed by atoms with Crippen LogP contribution in [0.25, 0.3) is 0 Å². The van der Waals surface area contributed by atoms with E-state index in [-0.39, 0.29) is 42.8 Å². The number of ether oxygens (including phenoxy) is 5. The third kappa shape index (κ3) is 8.24. The van der Waals surface area contributed by atoms with Crippen LogP contribution in [-0.4, -0.2) is 95.0 Å². The van der Waals surface area contributed by atoms with E-state index in [2.05, 4.69) is 5.32 Å². The average molecular weight is 621 g/mol. The minimum absolute atomic E-state index is 0.0496. The molecule has 2 aliphatic heterocycles. The minimum Gasteiger partial charge on any atom is -0.497 e. The van der Waals surface area contributed by atoms with Crippen molar-refractivity contribution in [2.75, 3.05) is 40.5 Å². The molecule has 2 aliphatic rings. The van der Waals surface area contributed by atoms with Crippen LogP contribution in [0.4, 0.5) is 4.79 Å². The number of esters is 1. The summed E-state index contributed by atoms with van der Waals surface area (Å²) in [4.78, 5) is 25.0. The standard InChI is InChI=1S/C30H40N2O10S/c1-19(2)16-32(43(36,37)23-11-9-22(38-3)10-12-23)17-26(33)25(15-20-5-7-21(8-6-20)28(34)39-4)31-30(35)42-27-18-41-29-24(27)13-14-40-29/h5-12,19,24-27,29,33H,13-18H2,1-4H3,(H,31,35)/t24-,25-,26+,27-,29+/m0/s1. The zero-order valence-corrected chi connectivity index (χ0v) is 25.6. The van der Waals surface area contributed by atoms with Gasteiger partial charge in [0.25, 0.3) is 0 Å². The number of nitrogens with zero attached hydrogens (tertiary/aromatic N) is 1. The normalized spacial score (nSPS) is 21.3. The fourth-order valence-electron chi connectivity index (χ4n) is 5.21. The van der Waals surface area contributed by atoms with Crippen molar-refractivity contribution in [2.45, 2.75) is 56.1 Å². The molecule has 12 nitrogen and oxygen atoms in total. The molecule has 5 atom stereocenters. The molecule has 0 radical (unpaired) electrons. The lowest BCUT2D eigenvalue weighted by molar-refractivity contribution is -0.0907. The third-order valence-electron chi connectivity index (χ3n) is 7.50. The fraction of sp³-hybridized carbons (Fsp3) is 0.533. The SMILES string of the molecule is COC(=O)c1ccc(C[C@H](NC(=O)O[C@H]2CO[C@H]3OCC[C@H]32)[C@H](O)CN(CC(C)C)S(=O)(=O)c2ccc(OC)cc2)cc1. The Morgan fingerprint density at radius 2 is 1.74 bits per heavy atom. The van der Waals surface area contributed by atoms with E-state index >= 15 is 0 Å². The van der Waals surface area contributed by atoms with Crippen LogP contribution in [0.15, 0.2) is 53.4 Å². The Bertz CT molecular complexity index is 1330. The second-order valence-electron chi connectivity index (χ2n) is 11.1. The van der Waals surface area contributed by atoms with Crippen molar-refractivity contribution in [1.82, 2.24) is 9.62 Å². The number of methoxy groups -OCH3 is 2. The second kappa shape index (κ2) is 14.5. The maximum absolute atomic E-state index is 13.7. The predicted octanol–water partition coefficient (Wildman–Crippen LogP) is 2.59. The summed E-state index contributed by atoms with van der Waals surface area (Å²) in [5, 5.41) is 14.2. The lowest BCUT2D eigenvalue weighted by Gasteiger charge is -2.31. The monoisotopic (exact) mass is 620 g/mol. The van der Waals surface area contributed by atoms with Crippen LogP contribution in [-0.2, 0) is 35.4 Å². The van der Waals surface area contributed by atoms with Crippen molar-refractivity contribution < 1.29 is 46.8 Å². The van der Waals surface area contributed by atoms with Crippen LogP contribution < -0.4 is 10.1 Å². The smallest absolute Gasteiger partial charge is 0.407 e. The number of hydrogen-bond donors (Lipinski definition) is 2. The Hall–Kier alpha value is -3.23. The number of sulfonamides is 1. The highest BCUT2D eigenvalue weighted by Gasteiger charge is 2.44. The molecule has 43 heavy (non-hydrogen) atoms. The number of alkyl carbamates (subject to hydrolysis) is 1. The van der Waals surface area contributed by atoms with Crippen molar-refractivity contribution in [3.63, 3.8) is 0 Å². The minimum atomic E-state index is -4.01. The third-order valence-corrected chi connectivity index (χ3v) is 9.34. The molecular formula is C30H40N2O10S. The van der Waals surface area contributed by atoms with E-state index in [1.165, 1.54) is 30.7 Å². The lowest BCUT2D eigenvalue weighted by Crippen LogP contribution is -2.51. The van der Waals surface area contributed by atoms with Crippen LogP contribution in [0, 0.1) is 11.8 Å². The number of rotatable bonds is 13. The highest BCUT2D eigenvalue weighted by molar-refractivity contribution is 7.89. The lowest BCUT2D eigenvalue weighted by atomic mass is 10.00. The number of amides is 1. The number of aliphatic hydroxyl groups excluding tert-OH is 1. The number of aliphatic hydroxyl groups is 1. The molecule has 4 rings (SSSR count). The van der Waals surface area contributed by atoms with Gasteiger partial charge in [0.15, 0.2) is 6.29 Å². The number of benzene rings is 2. The molecule has 0 aliphatic carbocycles. The van der Waals surface area contributed by atoms with E-state index in [1.807, 2.05) is 13.8 Å². The van der Waals surface area contributed by atoms with Crippen molar-refractivity contribution in [1.29, 1.82) is 0 Å². The molecule has 2 saturated heterocycles. The summed E-state index contributed by atoms with van der Waals surface area (Å²) in [6.07, 6.45) is -2.15. The van der Waals surface area contributed by atoms with Crippen LogP contribution in [0.5, 0.6) is 5.75 Å². The van der Waals surface area contributed by atoms with Crippen LogP contribution >= 0.6 is 0 Å². The quantitative estimate of drug-likeness (QED) is 0.320. The predicted molar refractivity (Wildman–Crippen MR) is 155 cm³/mol. The summed E-state index contributed by atoms with van der Waals surface area (Å²) >= 11 is 0. The van der Waals surface area contributed by atoms with Gasteiger partial charge in [0, 0.05) is 13.1 Å². The van der Waals surface area contributed by atoms with Crippen molar-refractivity contribution in [3.8, 4) is 5.75 Å². The van der Waals surface area contributed by atoms with Gasteiger partial charge in [-0.1, -0.05) is 26.0 Å². The first-order valence-corrected chi connectivity index (χ1v) is 15.7. The topological polar surface area (TPSA) is 150 Å². The number of carbonyl (C=O) groups excluding carboxylic acids is 2. The Labute approximate surface area is 252 Å². The summed E-state index contributed by atoms with van der Waals surface area (Å²) in [7, 11) is -1.23. The highest BCUT2D eigenvalue weighted by Crippen LogP contribution is 2.33. The first-order valence-electron chi connectivity index (χ1n) is 14.2. The van der Waals surface area contributed by atoms with E-state index in [4.69, 9.17) is 23.7 Å². The molecule has 0 bridgehead atoms. The molecule has 2 aromatic carbocycles. The molecule has 2 aromatic rings. The van der Waals surface area contributed by atoms with Crippen LogP contribution in [0.1, 0.15) is 36.2 Å². The first-order chi connectivity index (χ1) is 20.5. The molecule has 0 aromatic heterocycles. The molecule has 2 fully saturated rings. The van der Waals surface area contributed by atoms with Gasteiger partial charge in [-0.05, 0) is 60.7 Å². The van der Waals surface area contributed by atoms with Gasteiger partial charge in [0.1, 0.15) is 11.9 Å². The second-order valence-corrected chi connectivity index (χ2v) is 13.0. The maximum Gasteiger partial charge on any atom is 0.407 e. The van der Waals surface area contributed by atoms with Gasteiger partial charge >= 0.3 is 12.1 Å². The molecule has 2 N–H and O–H groups in total. The Balaban J connectivity index is 1.54. The van der Waals surface area contributed by atoms with Crippen LogP contribution in [0.2, 0.25) is 0 Å². The number of nitrogens with one attached hydrogen (secondary N) is 1. The maximum atomic E-state index is 13.7. The van der Waals surface area contributed by atoms with E-state index in [0.29, 0.717) is 29.9 Å². The summed E-state index contributed by atoms with van der Waals surface area (Å²) in [6.45, 7) is 4.33. The number of hydrogen-bond acceptors (Lipinski definition) is 10. The summed E-state index contributed by atoms with van der Waals surface area (Å²) in [5.41, 5.74) is 1.04. The molecule has 0 unspecified atom stereocenters. The molecule has 0 spiro atoms. The van der Waals surface area contributed by atoms with E-state index in [9.17, 15) is 23.1 Å². The summed E-state index contributed by atoms with van der Waals surface area (Å²) in [5.74, 6) is -0.105. The molecule has 0 saturated carbocycles. The largest absolute Gasteiger partial charge is 0.497 e. The Morgan fingerprint density at radius 1 is 1.05 bits per heavy atom. The zero-order chi connectivity index (χ0) is 31.1. The van der Waals surface area contributed by atoms with Crippen molar-refractivity contribution in [3.05, 3.63) is 59.7 Å². The number of carbonyl (C=O) groups is 2. The first kappa shape index (κ1) is 32.7. The van der Waals surface area contributed by atoms with Gasteiger partial charge in [-0.3, -0.25) is 0 Å². The van der Waals surface area contributed by atoms with Gasteiger partial charge in [0.2, 0.25) is 10.0 Å². The van der Waals surface area contributed by atoms with Gasteiger partial charge in [-0.15, -0.1) is 0 Å². The Morgan fingerprint density at radius 3 is 2.37 bits per heavy atom. The highest BCUT2D eigenvalue weighted by atomic mass is 32.2. The van der Waals surface area contributed by atoms with Gasteiger partial charge in [-0.25, -0.2) is 18.0 Å². The summed E-state index contributed by atoms with van der Waals surface area (Å²) < 4.78 is 55.2. The molecule has 1 amide bonds. The number of fused-ring (bicyclic) bond motifs is 1. The van der Waals surface area contributed by atoms with Crippen LogP contribution in [0.3, 0.4) is 0 Å². The van der Waals surface area contributed by atoms with E-state index in [1.54, 1.807) is 36.4 Å². The molecule has 13 heteroatoms. The van der Waals surface area contributed by atoms with Crippen molar-refractivity contribution >= 4 is 22.1 Å².